The van der Waals surface area contributed by atoms with Gasteiger partial charge in [-0.25, -0.2) is 0 Å². The van der Waals surface area contributed by atoms with Gasteiger partial charge in [-0.15, -0.1) is 12.4 Å². The molecule has 0 heterocycles. The van der Waals surface area contributed by atoms with Crippen molar-refractivity contribution in [2.45, 2.75) is 49.8 Å². The van der Waals surface area contributed by atoms with Crippen LogP contribution >= 0.6 is 12.4 Å². The third kappa shape index (κ3) is 4.93. The topological polar surface area (TPSA) is 206 Å². The van der Waals surface area contributed by atoms with Crippen LogP contribution in [0.4, 0.5) is 11.4 Å². The molecule has 4 atom stereocenters. The van der Waals surface area contributed by atoms with Gasteiger partial charge in [-0.2, -0.15) is 0 Å². The zero-order valence-corrected chi connectivity index (χ0v) is 25.2. The van der Waals surface area contributed by atoms with E-state index >= 15 is 0 Å². The number of carbonyl (C=O) groups excluding carboxylic acids is 4. The van der Waals surface area contributed by atoms with Gasteiger partial charge in [0.25, 0.3) is 5.91 Å². The molecule has 0 aliphatic heterocycles. The minimum atomic E-state index is -2.72. The Bertz CT molecular complexity index is 1470. The lowest BCUT2D eigenvalue weighted by atomic mass is 9.57. The van der Waals surface area contributed by atoms with E-state index in [2.05, 4.69) is 10.6 Å². The molecule has 0 bridgehead atoms. The second-order valence-corrected chi connectivity index (χ2v) is 12.1. The van der Waals surface area contributed by atoms with Gasteiger partial charge in [0, 0.05) is 37.3 Å². The van der Waals surface area contributed by atoms with Gasteiger partial charge in [-0.3, -0.25) is 24.1 Å². The molecule has 1 aromatic carbocycles. The number of nitrogens with one attached hydrogen (secondary N) is 2. The van der Waals surface area contributed by atoms with Crippen LogP contribution in [0.25, 0.3) is 5.76 Å². The zero-order valence-electron chi connectivity index (χ0n) is 24.4. The second-order valence-electron chi connectivity index (χ2n) is 12.1. The third-order valence-corrected chi connectivity index (χ3v) is 9.11. The van der Waals surface area contributed by atoms with E-state index in [0.717, 1.165) is 19.3 Å². The number of nitrogens with two attached hydrogens (primary N) is 1. The highest BCUT2D eigenvalue weighted by Crippen LogP contribution is 2.54. The number of carbonyl (C=O) groups is 4. The molecule has 8 N–H and O–H groups in total. The number of ketones is 2. The number of amides is 2. The van der Waals surface area contributed by atoms with Gasteiger partial charge >= 0.3 is 0 Å². The van der Waals surface area contributed by atoms with Crippen LogP contribution in [-0.4, -0.2) is 101 Å². The van der Waals surface area contributed by atoms with Gasteiger partial charge in [0.2, 0.25) is 11.7 Å². The molecular weight excluding hydrogens is 582 g/mol. The highest BCUT2D eigenvalue weighted by atomic mass is 35.5. The van der Waals surface area contributed by atoms with Gasteiger partial charge in [0.15, 0.2) is 11.4 Å². The number of anilines is 2. The summed E-state index contributed by atoms with van der Waals surface area (Å²) in [5, 5.41) is 51.4. The second kappa shape index (κ2) is 11.5. The summed E-state index contributed by atoms with van der Waals surface area (Å²) in [6, 6.07) is 0.704. The predicted octanol–water partition coefficient (Wildman–Crippen LogP) is 0.532. The number of hydrogen-bond donors (Lipinski definition) is 7. The predicted molar refractivity (Wildman–Crippen MR) is 160 cm³/mol. The fraction of sp³-hybridized carbons (Fsp3) is 0.517. The summed E-state index contributed by atoms with van der Waals surface area (Å²) in [6.07, 6.45) is 3.21. The van der Waals surface area contributed by atoms with Crippen LogP contribution in [0.5, 0.6) is 5.75 Å². The number of aliphatic hydroxyl groups is 3. The number of primary amides is 1. The van der Waals surface area contributed by atoms with E-state index in [-0.39, 0.29) is 54.7 Å². The summed E-state index contributed by atoms with van der Waals surface area (Å²) in [4.78, 5) is 55.3. The van der Waals surface area contributed by atoms with Crippen LogP contribution in [0.3, 0.4) is 0 Å². The molecule has 1 aromatic rings. The van der Waals surface area contributed by atoms with E-state index in [1.165, 1.54) is 4.90 Å². The normalized spacial score (nSPS) is 26.7. The third-order valence-electron chi connectivity index (χ3n) is 9.11. The summed E-state index contributed by atoms with van der Waals surface area (Å²) in [5.74, 6) is -7.66. The molecule has 0 spiro atoms. The van der Waals surface area contributed by atoms with Crippen molar-refractivity contribution in [3.05, 3.63) is 34.1 Å². The fourth-order valence-electron chi connectivity index (χ4n) is 6.83. The number of rotatable bonds is 7. The maximum atomic E-state index is 14.1. The molecule has 4 aliphatic rings. The average molecular weight is 620 g/mol. The van der Waals surface area contributed by atoms with Crippen molar-refractivity contribution in [2.75, 3.05) is 45.0 Å². The first-order valence-electron chi connectivity index (χ1n) is 13.9. The maximum Gasteiger partial charge on any atom is 0.255 e. The Balaban J connectivity index is 0.00000423. The van der Waals surface area contributed by atoms with E-state index in [9.17, 15) is 39.6 Å². The Morgan fingerprint density at radius 1 is 1.12 bits per heavy atom. The number of aromatic hydroxyl groups is 1. The lowest BCUT2D eigenvalue weighted by molar-refractivity contribution is -0.153. The van der Waals surface area contributed by atoms with Crippen molar-refractivity contribution in [3.63, 3.8) is 0 Å². The standard InChI is InChI=1S/C29H37N5O8.ClH/c1-33(2)17-10-16(32-18(35)11-31-13-6-5-7-13)23(36)20-14(17)8-12-9-15-22(34(3)4)25(38)21(28(30)41)27(40)29(15,42)26(39)19(12)24(20)37;/h10,12-13,15,22,31,36-37,40,42H,5-9,11H2,1-4H3,(H2,30,41)(H,32,35);1H/t12?,15?,22-,29-;/m0./s1. The fourth-order valence-corrected chi connectivity index (χ4v) is 6.83. The van der Waals surface area contributed by atoms with Crippen molar-refractivity contribution >= 4 is 52.9 Å². The van der Waals surface area contributed by atoms with Crippen LogP contribution in [0.1, 0.15) is 36.8 Å². The van der Waals surface area contributed by atoms with Crippen molar-refractivity contribution in [3.8, 4) is 5.75 Å². The molecule has 2 fully saturated rings. The zero-order chi connectivity index (χ0) is 30.8. The van der Waals surface area contributed by atoms with E-state index in [1.54, 1.807) is 39.2 Å². The summed E-state index contributed by atoms with van der Waals surface area (Å²) < 4.78 is 0. The lowest BCUT2D eigenvalue weighted by Crippen LogP contribution is -2.65. The Morgan fingerprint density at radius 3 is 2.30 bits per heavy atom. The Labute approximate surface area is 254 Å². The van der Waals surface area contributed by atoms with Crippen molar-refractivity contribution < 1.29 is 39.6 Å². The number of halogens is 1. The van der Waals surface area contributed by atoms with E-state index in [4.69, 9.17) is 5.73 Å². The van der Waals surface area contributed by atoms with Crippen LogP contribution in [-0.2, 0) is 25.6 Å². The summed E-state index contributed by atoms with van der Waals surface area (Å²) in [6.45, 7) is 0.0279. The molecule has 2 saturated carbocycles. The number of phenols is 1. The van der Waals surface area contributed by atoms with Gasteiger partial charge in [0.1, 0.15) is 22.8 Å². The summed E-state index contributed by atoms with van der Waals surface area (Å²) in [7, 11) is 6.61. The molecule has 5 rings (SSSR count). The minimum absolute atomic E-state index is 0. The van der Waals surface area contributed by atoms with Crippen molar-refractivity contribution in [2.24, 2.45) is 17.6 Å². The number of benzene rings is 1. The molecule has 0 aromatic heterocycles. The first-order chi connectivity index (χ1) is 19.7. The number of phenolic OH excluding ortho intramolecular Hbond substituents is 1. The number of nitrogens with zero attached hydrogens (tertiary/aromatic N) is 2. The van der Waals surface area contributed by atoms with Crippen molar-refractivity contribution in [1.29, 1.82) is 0 Å². The van der Waals surface area contributed by atoms with E-state index in [1.807, 2.05) is 0 Å². The van der Waals surface area contributed by atoms with Gasteiger partial charge in [-0.05, 0) is 57.3 Å². The highest BCUT2D eigenvalue weighted by molar-refractivity contribution is 6.24. The van der Waals surface area contributed by atoms with Crippen LogP contribution < -0.4 is 21.3 Å². The molecule has 234 valence electrons. The number of Topliss-reactive ketones (excluding diaryl/α,β-unsaturated/α-hetero) is 2. The highest BCUT2D eigenvalue weighted by Gasteiger charge is 2.64. The maximum absolute atomic E-state index is 14.1. The van der Waals surface area contributed by atoms with E-state index in [0.29, 0.717) is 11.3 Å². The van der Waals surface area contributed by atoms with Crippen LogP contribution in [0.15, 0.2) is 23.0 Å². The van der Waals surface area contributed by atoms with Gasteiger partial charge in [0.05, 0.1) is 23.8 Å². The Morgan fingerprint density at radius 2 is 1.77 bits per heavy atom. The molecule has 0 saturated heterocycles. The molecule has 4 aliphatic carbocycles. The molecular formula is C29H38ClN5O8. The minimum Gasteiger partial charge on any atom is -0.508 e. The smallest absolute Gasteiger partial charge is 0.255 e. The number of likely N-dealkylation sites (N-methyl/N-ethyl adjacent to an activating group) is 1. The monoisotopic (exact) mass is 619 g/mol. The Kier molecular flexibility index (Phi) is 8.59. The number of aliphatic hydroxyl groups excluding tert-OH is 2. The number of hydrogen-bond acceptors (Lipinski definition) is 11. The Hall–Kier alpha value is -3.65. The molecule has 0 radical (unpaired) electrons. The van der Waals surface area contributed by atoms with Crippen LogP contribution in [0.2, 0.25) is 0 Å². The molecule has 14 heteroatoms. The first kappa shape index (κ1) is 32.3. The first-order valence-corrected chi connectivity index (χ1v) is 13.9. The molecule has 13 nitrogen and oxygen atoms in total. The lowest BCUT2D eigenvalue weighted by Gasteiger charge is -2.50. The summed E-state index contributed by atoms with van der Waals surface area (Å²) >= 11 is 0. The summed E-state index contributed by atoms with van der Waals surface area (Å²) in [5.41, 5.74) is 2.56. The molecule has 43 heavy (non-hydrogen) atoms. The number of fused-ring (bicyclic) bond motifs is 3. The van der Waals surface area contributed by atoms with Crippen molar-refractivity contribution in [1.82, 2.24) is 10.2 Å². The molecule has 2 amide bonds. The van der Waals surface area contributed by atoms with Gasteiger partial charge < -0.3 is 41.7 Å². The van der Waals surface area contributed by atoms with Crippen LogP contribution in [0, 0.1) is 11.8 Å². The quantitative estimate of drug-likeness (QED) is 0.165. The SMILES string of the molecule is CN(C)c1cc(NC(=O)CNC2CCC2)c(O)c2c1CC1CC3[C@H](N(C)C)C(=O)C(C(N)=O)=C(O)[C@@]3(O)C(=O)C1=C2O.Cl. The average Bonchev–Trinajstić information content (AvgIpc) is 2.86. The van der Waals surface area contributed by atoms with Gasteiger partial charge in [-0.1, -0.05) is 6.42 Å². The largest absolute Gasteiger partial charge is 0.508 e. The molecule has 2 unspecified atom stereocenters. The van der Waals surface area contributed by atoms with E-state index < -0.39 is 69.7 Å².